The van der Waals surface area contributed by atoms with Gasteiger partial charge in [-0.1, -0.05) is 46.3 Å². The molecule has 9 atom stereocenters. The van der Waals surface area contributed by atoms with Crippen LogP contribution >= 0.6 is 0 Å². The molecule has 3 nitrogen and oxygen atoms in total. The van der Waals surface area contributed by atoms with Crippen LogP contribution in [0.3, 0.4) is 0 Å². The van der Waals surface area contributed by atoms with E-state index in [1.54, 1.807) is 0 Å². The second-order valence-corrected chi connectivity index (χ2v) is 14.3. The summed E-state index contributed by atoms with van der Waals surface area (Å²) in [6.07, 6.45) is 10.8. The molecule has 0 aromatic carbocycles. The molecule has 0 radical (unpaired) electrons. The summed E-state index contributed by atoms with van der Waals surface area (Å²) in [5.41, 5.74) is 0.679. The summed E-state index contributed by atoms with van der Waals surface area (Å²) >= 11 is 0. The maximum Gasteiger partial charge on any atom is 0.167 e. The van der Waals surface area contributed by atoms with Gasteiger partial charge in [0.1, 0.15) is 6.10 Å². The first kappa shape index (κ1) is 25.4. The van der Waals surface area contributed by atoms with Crippen LogP contribution in [-0.2, 0) is 4.79 Å². The molecule has 4 rings (SSSR count). The van der Waals surface area contributed by atoms with Crippen molar-refractivity contribution in [3.8, 4) is 0 Å². The summed E-state index contributed by atoms with van der Waals surface area (Å²) in [5.74, 6) is 1.86. The van der Waals surface area contributed by atoms with Crippen molar-refractivity contribution in [2.75, 3.05) is 0 Å². The number of aliphatic hydroxyl groups is 2. The fraction of sp³-hybridized carbons (Fsp3) is 0.900. The Morgan fingerprint density at radius 1 is 1.00 bits per heavy atom. The van der Waals surface area contributed by atoms with Gasteiger partial charge >= 0.3 is 0 Å². The largest absolute Gasteiger partial charge is 0.390 e. The number of ketones is 1. The van der Waals surface area contributed by atoms with Crippen molar-refractivity contribution >= 4 is 5.78 Å². The van der Waals surface area contributed by atoms with Crippen LogP contribution in [0.15, 0.2) is 11.6 Å². The molecule has 2 N–H and O–H groups in total. The third-order valence-corrected chi connectivity index (χ3v) is 12.1. The lowest BCUT2D eigenvalue weighted by Crippen LogP contribution is -2.65. The minimum atomic E-state index is -0.818. The molecule has 0 aromatic heterocycles. The maximum atomic E-state index is 12.9. The Balaban J connectivity index is 1.64. The highest BCUT2D eigenvalue weighted by atomic mass is 16.3. The Bertz CT molecular complexity index is 820. The van der Waals surface area contributed by atoms with E-state index in [4.69, 9.17) is 0 Å². The molecular weight excluding hydrogens is 408 g/mol. The lowest BCUT2D eigenvalue weighted by molar-refractivity contribution is -0.217. The van der Waals surface area contributed by atoms with Gasteiger partial charge in [0.25, 0.3) is 0 Å². The summed E-state index contributed by atoms with van der Waals surface area (Å²) in [6, 6.07) is 0. The first-order valence-corrected chi connectivity index (χ1v) is 13.7. The van der Waals surface area contributed by atoms with Gasteiger partial charge in [-0.2, -0.15) is 0 Å². The molecule has 3 heteroatoms. The molecule has 4 saturated carbocycles. The fourth-order valence-electron chi connectivity index (χ4n) is 10.3. The van der Waals surface area contributed by atoms with Gasteiger partial charge in [-0.3, -0.25) is 4.79 Å². The Labute approximate surface area is 202 Å². The first-order valence-electron chi connectivity index (χ1n) is 13.7. The molecular formula is C30H50O3. The normalized spacial score (nSPS) is 48.3. The standard InChI is InChI=1S/C30H50O3/c1-19(2)10-9-15-30(8,33)21-13-16-28(6)20(21)11-12-24-27(5)18-22(31)25(32)26(3,4)23(27)14-17-29(24,28)7/h10,20-24,31,33H,9,11-18H2,1-8H3/t20-,21+,22-,23+,24-,27+,28-,29-,30+/m1/s1. The van der Waals surface area contributed by atoms with E-state index in [0.29, 0.717) is 30.1 Å². The second kappa shape index (κ2) is 7.92. The van der Waals surface area contributed by atoms with Crippen LogP contribution in [0.5, 0.6) is 0 Å². The third-order valence-electron chi connectivity index (χ3n) is 12.1. The Morgan fingerprint density at radius 3 is 2.27 bits per heavy atom. The van der Waals surface area contributed by atoms with E-state index >= 15 is 0 Å². The number of Topliss-reactive ketones (excluding diaryl/α,β-unsaturated/α-hetero) is 1. The molecule has 0 aliphatic heterocycles. The van der Waals surface area contributed by atoms with Gasteiger partial charge in [-0.05, 0) is 118 Å². The lowest BCUT2D eigenvalue weighted by Gasteiger charge is -2.69. The Morgan fingerprint density at radius 2 is 1.64 bits per heavy atom. The Kier molecular flexibility index (Phi) is 6.10. The van der Waals surface area contributed by atoms with Crippen LogP contribution < -0.4 is 0 Å². The molecule has 4 aliphatic rings. The van der Waals surface area contributed by atoms with E-state index in [1.165, 1.54) is 31.3 Å². The van der Waals surface area contributed by atoms with Crippen LogP contribution in [0.2, 0.25) is 0 Å². The lowest BCUT2D eigenvalue weighted by atomic mass is 9.35. The highest BCUT2D eigenvalue weighted by Gasteiger charge is 2.70. The summed E-state index contributed by atoms with van der Waals surface area (Å²) in [5, 5.41) is 22.5. The first-order chi connectivity index (χ1) is 15.1. The molecule has 0 unspecified atom stereocenters. The Hall–Kier alpha value is -0.670. The number of allylic oxidation sites excluding steroid dienone is 2. The van der Waals surface area contributed by atoms with Crippen LogP contribution in [0, 0.1) is 45.3 Å². The topological polar surface area (TPSA) is 57.5 Å². The number of carbonyl (C=O) groups excluding carboxylic acids is 1. The van der Waals surface area contributed by atoms with E-state index in [0.717, 1.165) is 25.7 Å². The third kappa shape index (κ3) is 3.53. The van der Waals surface area contributed by atoms with Crippen LogP contribution in [-0.4, -0.2) is 27.7 Å². The van der Waals surface area contributed by atoms with Crippen molar-refractivity contribution in [2.45, 2.75) is 125 Å². The molecule has 33 heavy (non-hydrogen) atoms. The summed E-state index contributed by atoms with van der Waals surface area (Å²) in [7, 11) is 0. The monoisotopic (exact) mass is 458 g/mol. The summed E-state index contributed by atoms with van der Waals surface area (Å²) in [6.45, 7) is 18.0. The van der Waals surface area contributed by atoms with Gasteiger partial charge in [-0.25, -0.2) is 0 Å². The fourth-order valence-corrected chi connectivity index (χ4v) is 10.3. The minimum absolute atomic E-state index is 0.00184. The number of aliphatic hydroxyl groups excluding tert-OH is 1. The smallest absolute Gasteiger partial charge is 0.167 e. The SMILES string of the molecule is CC(C)=CCC[C@](C)(O)[C@H]1CC[C@]2(C)[C@@H]1CC[C@@H]1[C@@]3(C)C[C@@H](O)C(=O)C(C)(C)[C@@H]3CC[C@]12C. The second-order valence-electron chi connectivity index (χ2n) is 14.3. The summed E-state index contributed by atoms with van der Waals surface area (Å²) < 4.78 is 0. The van der Waals surface area contributed by atoms with E-state index < -0.39 is 17.1 Å². The molecule has 0 amide bonds. The van der Waals surface area contributed by atoms with Gasteiger partial charge in [0.15, 0.2) is 5.78 Å². The number of hydrogen-bond acceptors (Lipinski definition) is 3. The highest BCUT2D eigenvalue weighted by molar-refractivity contribution is 5.89. The van der Waals surface area contributed by atoms with E-state index in [1.807, 2.05) is 0 Å². The molecule has 0 saturated heterocycles. The quantitative estimate of drug-likeness (QED) is 0.460. The van der Waals surface area contributed by atoms with Crippen molar-refractivity contribution in [2.24, 2.45) is 45.3 Å². The molecule has 0 bridgehead atoms. The number of rotatable bonds is 4. The summed E-state index contributed by atoms with van der Waals surface area (Å²) in [4.78, 5) is 12.9. The van der Waals surface area contributed by atoms with Crippen LogP contribution in [0.25, 0.3) is 0 Å². The minimum Gasteiger partial charge on any atom is -0.390 e. The predicted octanol–water partition coefficient (Wildman–Crippen LogP) is 6.71. The van der Waals surface area contributed by atoms with Gasteiger partial charge in [-0.15, -0.1) is 0 Å². The zero-order chi connectivity index (χ0) is 24.6. The molecule has 0 spiro atoms. The van der Waals surface area contributed by atoms with Crippen molar-refractivity contribution in [3.05, 3.63) is 11.6 Å². The van der Waals surface area contributed by atoms with Gasteiger partial charge < -0.3 is 10.2 Å². The van der Waals surface area contributed by atoms with Gasteiger partial charge in [0, 0.05) is 5.41 Å². The molecule has 4 fully saturated rings. The van der Waals surface area contributed by atoms with Crippen molar-refractivity contribution < 1.29 is 15.0 Å². The van der Waals surface area contributed by atoms with E-state index in [9.17, 15) is 15.0 Å². The van der Waals surface area contributed by atoms with Crippen LogP contribution in [0.4, 0.5) is 0 Å². The number of fused-ring (bicyclic) bond motifs is 5. The van der Waals surface area contributed by atoms with Crippen molar-refractivity contribution in [3.63, 3.8) is 0 Å². The van der Waals surface area contributed by atoms with Gasteiger partial charge in [0.2, 0.25) is 0 Å². The molecule has 0 heterocycles. The number of hydrogen-bond donors (Lipinski definition) is 2. The number of carbonyl (C=O) groups is 1. The molecule has 0 aromatic rings. The van der Waals surface area contributed by atoms with Crippen molar-refractivity contribution in [1.29, 1.82) is 0 Å². The zero-order valence-electron chi connectivity index (χ0n) is 22.6. The molecule has 188 valence electrons. The van der Waals surface area contributed by atoms with Crippen molar-refractivity contribution in [1.82, 2.24) is 0 Å². The van der Waals surface area contributed by atoms with Gasteiger partial charge in [0.05, 0.1) is 5.60 Å². The zero-order valence-corrected chi connectivity index (χ0v) is 22.6. The van der Waals surface area contributed by atoms with E-state index in [-0.39, 0.29) is 22.0 Å². The maximum absolute atomic E-state index is 12.9. The van der Waals surface area contributed by atoms with Crippen LogP contribution in [0.1, 0.15) is 113 Å². The average molecular weight is 459 g/mol. The molecule has 4 aliphatic carbocycles. The van der Waals surface area contributed by atoms with E-state index in [2.05, 4.69) is 61.5 Å². The average Bonchev–Trinajstić information content (AvgIpc) is 3.05. The predicted molar refractivity (Wildman–Crippen MR) is 135 cm³/mol. The highest BCUT2D eigenvalue weighted by Crippen LogP contribution is 2.75.